The number of ether oxygens (including phenoxy) is 3. The Labute approximate surface area is 195 Å². The number of hydrogen-bond acceptors (Lipinski definition) is 4. The molecule has 32 heavy (non-hydrogen) atoms. The third kappa shape index (κ3) is 5.09. The van der Waals surface area contributed by atoms with E-state index in [0.29, 0.717) is 18.2 Å². The molecular formula is C27H30ClNO3. The van der Waals surface area contributed by atoms with Crippen molar-refractivity contribution in [1.29, 1.82) is 0 Å². The molecule has 2 unspecified atom stereocenters. The van der Waals surface area contributed by atoms with Gasteiger partial charge in [-0.3, -0.25) is 0 Å². The molecule has 0 aromatic heterocycles. The van der Waals surface area contributed by atoms with E-state index >= 15 is 0 Å². The molecule has 1 aliphatic rings. The summed E-state index contributed by atoms with van der Waals surface area (Å²) in [5.41, 5.74) is 3.63. The van der Waals surface area contributed by atoms with Gasteiger partial charge in [-0.25, -0.2) is 0 Å². The van der Waals surface area contributed by atoms with Crippen LogP contribution in [0.5, 0.6) is 5.75 Å². The van der Waals surface area contributed by atoms with E-state index in [4.69, 9.17) is 25.8 Å². The summed E-state index contributed by atoms with van der Waals surface area (Å²) in [6, 6.07) is 24.3. The van der Waals surface area contributed by atoms with Crippen molar-refractivity contribution in [3.05, 3.63) is 94.5 Å². The molecule has 168 valence electrons. The van der Waals surface area contributed by atoms with Crippen molar-refractivity contribution in [3.8, 4) is 5.75 Å². The van der Waals surface area contributed by atoms with Gasteiger partial charge in [-0.2, -0.15) is 0 Å². The van der Waals surface area contributed by atoms with Crippen LogP contribution >= 0.6 is 11.6 Å². The lowest BCUT2D eigenvalue weighted by molar-refractivity contribution is -0.165. The molecule has 1 N–H and O–H groups in total. The van der Waals surface area contributed by atoms with E-state index in [9.17, 15) is 0 Å². The van der Waals surface area contributed by atoms with Crippen LogP contribution in [0.15, 0.2) is 72.8 Å². The molecule has 5 heteroatoms. The second-order valence-electron chi connectivity index (χ2n) is 8.50. The second-order valence-corrected chi connectivity index (χ2v) is 8.90. The lowest BCUT2D eigenvalue weighted by Gasteiger charge is -2.44. The van der Waals surface area contributed by atoms with Gasteiger partial charge in [0.15, 0.2) is 0 Å². The molecule has 0 spiro atoms. The molecule has 3 aromatic carbocycles. The van der Waals surface area contributed by atoms with E-state index in [0.717, 1.165) is 29.1 Å². The Hall–Kier alpha value is -2.53. The van der Waals surface area contributed by atoms with Crippen LogP contribution in [-0.2, 0) is 22.6 Å². The van der Waals surface area contributed by atoms with Crippen LogP contribution in [0.4, 0.5) is 5.69 Å². The minimum absolute atomic E-state index is 0.250. The van der Waals surface area contributed by atoms with E-state index in [1.807, 2.05) is 75.4 Å². The summed E-state index contributed by atoms with van der Waals surface area (Å²) in [7, 11) is 0. The number of rotatable bonds is 8. The number of fused-ring (bicyclic) bond motifs is 1. The van der Waals surface area contributed by atoms with Gasteiger partial charge in [0.05, 0.1) is 6.61 Å². The van der Waals surface area contributed by atoms with Crippen molar-refractivity contribution < 1.29 is 14.2 Å². The zero-order chi connectivity index (χ0) is 22.6. The molecule has 4 rings (SSSR count). The van der Waals surface area contributed by atoms with Gasteiger partial charge in [-0.15, -0.1) is 0 Å². The Morgan fingerprint density at radius 1 is 0.969 bits per heavy atom. The molecule has 1 aliphatic heterocycles. The molecule has 4 nitrogen and oxygen atoms in total. The molecule has 0 radical (unpaired) electrons. The first-order valence-electron chi connectivity index (χ1n) is 11.1. The fraction of sp³-hybridized carbons (Fsp3) is 0.333. The van der Waals surface area contributed by atoms with Crippen LogP contribution in [-0.4, -0.2) is 18.3 Å². The number of hydrogen-bond donors (Lipinski definition) is 1. The Morgan fingerprint density at radius 2 is 1.72 bits per heavy atom. The van der Waals surface area contributed by atoms with E-state index in [1.165, 1.54) is 5.56 Å². The Balaban J connectivity index is 1.57. The second kappa shape index (κ2) is 9.95. The largest absolute Gasteiger partial charge is 0.485 e. The maximum Gasteiger partial charge on any atom is 0.132 e. The zero-order valence-electron chi connectivity index (χ0n) is 18.8. The van der Waals surface area contributed by atoms with Crippen LogP contribution < -0.4 is 10.1 Å². The lowest BCUT2D eigenvalue weighted by atomic mass is 9.87. The predicted octanol–water partition coefficient (Wildman–Crippen LogP) is 6.79. The zero-order valence-corrected chi connectivity index (χ0v) is 19.6. The molecule has 0 fully saturated rings. The van der Waals surface area contributed by atoms with Gasteiger partial charge < -0.3 is 19.5 Å². The van der Waals surface area contributed by atoms with Crippen molar-refractivity contribution in [2.24, 2.45) is 0 Å². The minimum Gasteiger partial charge on any atom is -0.485 e. The summed E-state index contributed by atoms with van der Waals surface area (Å²) in [6.45, 7) is 7.81. The van der Waals surface area contributed by atoms with Crippen LogP contribution in [0.3, 0.4) is 0 Å². The summed E-state index contributed by atoms with van der Waals surface area (Å²) >= 11 is 6.35. The summed E-state index contributed by atoms with van der Waals surface area (Å²) in [6.07, 6.45) is -0.546. The summed E-state index contributed by atoms with van der Waals surface area (Å²) in [5.74, 6) is 0.830. The molecule has 1 heterocycles. The first-order chi connectivity index (χ1) is 15.5. The minimum atomic E-state index is -0.562. The van der Waals surface area contributed by atoms with Crippen molar-refractivity contribution in [2.45, 2.75) is 51.7 Å². The number of halogens is 1. The van der Waals surface area contributed by atoms with E-state index in [2.05, 4.69) is 23.5 Å². The standard InChI is InChI=1S/C27H30ClNO3/c1-4-30-25-22-16-21(29-17-19-10-6-5-7-11-19)14-15-24(22)32-27(2,3)26(25)31-18-20-12-8-9-13-23(20)28/h5-16,25-26,29H,4,17-18H2,1-3H3. The van der Waals surface area contributed by atoms with Crippen molar-refractivity contribution in [3.63, 3.8) is 0 Å². The van der Waals surface area contributed by atoms with Gasteiger partial charge in [0, 0.05) is 29.4 Å². The first-order valence-corrected chi connectivity index (χ1v) is 11.4. The van der Waals surface area contributed by atoms with Crippen LogP contribution in [0, 0.1) is 0 Å². The Kier molecular flexibility index (Phi) is 7.04. The van der Waals surface area contributed by atoms with Gasteiger partial charge in [-0.05, 0) is 56.2 Å². The predicted molar refractivity (Wildman–Crippen MR) is 129 cm³/mol. The van der Waals surface area contributed by atoms with E-state index in [1.54, 1.807) is 0 Å². The van der Waals surface area contributed by atoms with Crippen LogP contribution in [0.25, 0.3) is 0 Å². The molecular weight excluding hydrogens is 422 g/mol. The monoisotopic (exact) mass is 451 g/mol. The van der Waals surface area contributed by atoms with Gasteiger partial charge in [-0.1, -0.05) is 60.1 Å². The van der Waals surface area contributed by atoms with Crippen molar-refractivity contribution in [1.82, 2.24) is 0 Å². The van der Waals surface area contributed by atoms with E-state index < -0.39 is 5.60 Å². The Bertz CT molecular complexity index is 1040. The topological polar surface area (TPSA) is 39.7 Å². The van der Waals surface area contributed by atoms with Gasteiger partial charge in [0.2, 0.25) is 0 Å². The summed E-state index contributed by atoms with van der Waals surface area (Å²) in [4.78, 5) is 0. The fourth-order valence-electron chi connectivity index (χ4n) is 4.08. The highest BCUT2D eigenvalue weighted by Gasteiger charge is 2.45. The molecule has 2 atom stereocenters. The third-order valence-electron chi connectivity index (χ3n) is 5.71. The highest BCUT2D eigenvalue weighted by atomic mass is 35.5. The third-order valence-corrected chi connectivity index (χ3v) is 6.08. The van der Waals surface area contributed by atoms with Gasteiger partial charge in [0.25, 0.3) is 0 Å². The highest BCUT2D eigenvalue weighted by molar-refractivity contribution is 6.31. The lowest BCUT2D eigenvalue weighted by Crippen LogP contribution is -2.51. The number of benzene rings is 3. The molecule has 0 amide bonds. The van der Waals surface area contributed by atoms with Gasteiger partial charge in [0.1, 0.15) is 23.6 Å². The first kappa shape index (κ1) is 22.7. The van der Waals surface area contributed by atoms with Crippen LogP contribution in [0.2, 0.25) is 5.02 Å². The molecule has 0 saturated heterocycles. The number of anilines is 1. The maximum absolute atomic E-state index is 6.40. The molecule has 3 aromatic rings. The quantitative estimate of drug-likeness (QED) is 0.409. The van der Waals surface area contributed by atoms with Gasteiger partial charge >= 0.3 is 0 Å². The fourth-order valence-corrected chi connectivity index (χ4v) is 4.27. The Morgan fingerprint density at radius 3 is 2.47 bits per heavy atom. The average Bonchev–Trinajstić information content (AvgIpc) is 2.79. The normalized spacial score (nSPS) is 19.1. The molecule has 0 saturated carbocycles. The maximum atomic E-state index is 6.40. The average molecular weight is 452 g/mol. The SMILES string of the molecule is CCOC1c2cc(NCc3ccccc3)ccc2OC(C)(C)C1OCc1ccccc1Cl. The smallest absolute Gasteiger partial charge is 0.132 e. The molecule has 0 aliphatic carbocycles. The summed E-state index contributed by atoms with van der Waals surface area (Å²) < 4.78 is 19.0. The molecule has 0 bridgehead atoms. The van der Waals surface area contributed by atoms with Crippen molar-refractivity contribution >= 4 is 17.3 Å². The summed E-state index contributed by atoms with van der Waals surface area (Å²) in [5, 5.41) is 4.20. The van der Waals surface area contributed by atoms with E-state index in [-0.39, 0.29) is 12.2 Å². The number of nitrogens with one attached hydrogen (secondary N) is 1. The van der Waals surface area contributed by atoms with Crippen LogP contribution in [0.1, 0.15) is 43.6 Å². The van der Waals surface area contributed by atoms with Crippen molar-refractivity contribution in [2.75, 3.05) is 11.9 Å². The highest BCUT2D eigenvalue weighted by Crippen LogP contribution is 2.44.